The Balaban J connectivity index is 1.38. The van der Waals surface area contributed by atoms with Crippen molar-refractivity contribution in [2.24, 2.45) is 0 Å². The van der Waals surface area contributed by atoms with Crippen molar-refractivity contribution in [3.63, 3.8) is 0 Å². The molecule has 4 aromatic rings. The van der Waals surface area contributed by atoms with Crippen molar-refractivity contribution in [2.45, 2.75) is 5.92 Å². The number of anilines is 2. The number of nitrogens with zero attached hydrogens (tertiary/aromatic N) is 3. The molecule has 0 aliphatic carbocycles. The quantitative estimate of drug-likeness (QED) is 0.278. The van der Waals surface area contributed by atoms with Gasteiger partial charge in [-0.05, 0) is 40.8 Å². The summed E-state index contributed by atoms with van der Waals surface area (Å²) in [5, 5.41) is 11.2. The summed E-state index contributed by atoms with van der Waals surface area (Å²) < 4.78 is 41.8. The molecule has 0 bridgehead atoms. The van der Waals surface area contributed by atoms with Crippen LogP contribution in [-0.2, 0) is 0 Å². The standard InChI is InChI=1S/C26H20F3N5S/c1-15(11-30)17-5-7-20(8-6-17)32-25-21(27)12-31-24(33-25)19-4-3-18-9-22(35-23(18)10-19)16(2)34-13-26(28,29)14-34/h3-12,30H,1-2,13-14H2,(H,31,32,33). The normalized spacial score (nSPS) is 14.4. The van der Waals surface area contributed by atoms with E-state index in [-0.39, 0.29) is 18.9 Å². The van der Waals surface area contributed by atoms with E-state index in [1.165, 1.54) is 17.6 Å². The number of aromatic nitrogens is 2. The van der Waals surface area contributed by atoms with Gasteiger partial charge in [0, 0.05) is 27.9 Å². The van der Waals surface area contributed by atoms with Gasteiger partial charge in [0.15, 0.2) is 17.5 Å². The summed E-state index contributed by atoms with van der Waals surface area (Å²) >= 11 is 1.45. The van der Waals surface area contributed by atoms with Crippen LogP contribution in [0.5, 0.6) is 0 Å². The molecule has 1 aliphatic rings. The van der Waals surface area contributed by atoms with Crippen LogP contribution in [0.25, 0.3) is 32.7 Å². The first-order valence-electron chi connectivity index (χ1n) is 10.7. The number of benzene rings is 2. The second-order valence-corrected chi connectivity index (χ2v) is 9.37. The Kier molecular flexibility index (Phi) is 5.64. The Labute approximate surface area is 203 Å². The number of hydrogen-bond donors (Lipinski definition) is 2. The van der Waals surface area contributed by atoms with Crippen molar-refractivity contribution in [1.29, 1.82) is 5.41 Å². The molecule has 0 spiro atoms. The van der Waals surface area contributed by atoms with Crippen molar-refractivity contribution in [1.82, 2.24) is 14.9 Å². The molecule has 176 valence electrons. The summed E-state index contributed by atoms with van der Waals surface area (Å²) in [6.07, 6.45) is 2.29. The van der Waals surface area contributed by atoms with Gasteiger partial charge in [-0.25, -0.2) is 23.1 Å². The molecule has 2 aromatic carbocycles. The number of alkyl halides is 2. The Morgan fingerprint density at radius 3 is 2.54 bits per heavy atom. The largest absolute Gasteiger partial charge is 0.359 e. The predicted molar refractivity (Wildman–Crippen MR) is 136 cm³/mol. The lowest BCUT2D eigenvalue weighted by Gasteiger charge is -2.41. The van der Waals surface area contributed by atoms with Crippen molar-refractivity contribution in [3.8, 4) is 11.4 Å². The lowest BCUT2D eigenvalue weighted by Crippen LogP contribution is -2.54. The number of rotatable bonds is 7. The second-order valence-electron chi connectivity index (χ2n) is 8.28. The Hall–Kier alpha value is -3.98. The van der Waals surface area contributed by atoms with Crippen LogP contribution in [0, 0.1) is 11.2 Å². The van der Waals surface area contributed by atoms with Crippen LogP contribution in [0.1, 0.15) is 10.4 Å². The fourth-order valence-electron chi connectivity index (χ4n) is 3.75. The van der Waals surface area contributed by atoms with E-state index in [0.29, 0.717) is 28.3 Å². The molecule has 0 saturated carbocycles. The van der Waals surface area contributed by atoms with Gasteiger partial charge in [-0.3, -0.25) is 0 Å². The van der Waals surface area contributed by atoms with Crippen LogP contribution in [0.15, 0.2) is 67.9 Å². The molecule has 1 fully saturated rings. The van der Waals surface area contributed by atoms with E-state index in [9.17, 15) is 13.2 Å². The zero-order valence-electron chi connectivity index (χ0n) is 18.5. The van der Waals surface area contributed by atoms with E-state index in [1.807, 2.05) is 24.3 Å². The van der Waals surface area contributed by atoms with E-state index < -0.39 is 11.7 Å². The van der Waals surface area contributed by atoms with Gasteiger partial charge in [0.25, 0.3) is 5.92 Å². The van der Waals surface area contributed by atoms with Gasteiger partial charge in [-0.15, -0.1) is 11.3 Å². The number of likely N-dealkylation sites (tertiary alicyclic amines) is 1. The average molecular weight is 492 g/mol. The Bertz CT molecular complexity index is 1470. The highest BCUT2D eigenvalue weighted by Crippen LogP contribution is 2.38. The predicted octanol–water partition coefficient (Wildman–Crippen LogP) is 6.83. The summed E-state index contributed by atoms with van der Waals surface area (Å²) in [7, 11) is 0. The fraction of sp³-hybridized carbons (Fsp3) is 0.115. The molecular formula is C26H20F3N5S. The van der Waals surface area contributed by atoms with Gasteiger partial charge >= 0.3 is 0 Å². The maximum absolute atomic E-state index is 14.5. The minimum Gasteiger partial charge on any atom is -0.359 e. The molecule has 3 heterocycles. The number of hydrogen-bond acceptors (Lipinski definition) is 6. The highest BCUT2D eigenvalue weighted by atomic mass is 32.1. The Morgan fingerprint density at radius 1 is 1.11 bits per heavy atom. The maximum atomic E-state index is 14.5. The minimum atomic E-state index is -2.66. The molecule has 35 heavy (non-hydrogen) atoms. The average Bonchev–Trinajstić information content (AvgIpc) is 3.27. The number of fused-ring (bicyclic) bond motifs is 1. The molecule has 2 N–H and O–H groups in total. The number of thiophene rings is 1. The van der Waals surface area contributed by atoms with Crippen molar-refractivity contribution in [3.05, 3.63) is 84.1 Å². The summed E-state index contributed by atoms with van der Waals surface area (Å²) in [6.45, 7) is 7.14. The van der Waals surface area contributed by atoms with Gasteiger partial charge in [-0.2, -0.15) is 0 Å². The van der Waals surface area contributed by atoms with Gasteiger partial charge in [-0.1, -0.05) is 37.4 Å². The molecule has 1 saturated heterocycles. The highest BCUT2D eigenvalue weighted by Gasteiger charge is 2.44. The van der Waals surface area contributed by atoms with Crippen LogP contribution >= 0.6 is 11.3 Å². The third kappa shape index (κ3) is 4.54. The number of halogens is 3. The minimum absolute atomic E-state index is 0.0349. The summed E-state index contributed by atoms with van der Waals surface area (Å²) in [5.74, 6) is -2.87. The zero-order chi connectivity index (χ0) is 24.7. The van der Waals surface area contributed by atoms with E-state index in [4.69, 9.17) is 5.41 Å². The first-order valence-corrected chi connectivity index (χ1v) is 11.5. The molecule has 5 rings (SSSR count). The first-order chi connectivity index (χ1) is 16.7. The molecular weight excluding hydrogens is 471 g/mol. The molecule has 1 aliphatic heterocycles. The lowest BCUT2D eigenvalue weighted by molar-refractivity contribution is -0.105. The molecule has 5 nitrogen and oxygen atoms in total. The fourth-order valence-corrected chi connectivity index (χ4v) is 4.85. The molecule has 0 unspecified atom stereocenters. The summed E-state index contributed by atoms with van der Waals surface area (Å²) in [6, 6.07) is 14.6. The van der Waals surface area contributed by atoms with Crippen molar-refractivity contribution in [2.75, 3.05) is 18.4 Å². The summed E-state index contributed by atoms with van der Waals surface area (Å²) in [5.41, 5.74) is 3.28. The summed E-state index contributed by atoms with van der Waals surface area (Å²) in [4.78, 5) is 10.9. The topological polar surface area (TPSA) is 64.9 Å². The molecule has 9 heteroatoms. The van der Waals surface area contributed by atoms with Gasteiger partial charge in [0.05, 0.1) is 24.2 Å². The monoisotopic (exact) mass is 491 g/mol. The molecule has 2 aromatic heterocycles. The van der Waals surface area contributed by atoms with Crippen LogP contribution in [0.4, 0.5) is 24.7 Å². The van der Waals surface area contributed by atoms with E-state index in [2.05, 4.69) is 28.4 Å². The van der Waals surface area contributed by atoms with Gasteiger partial charge in [0.2, 0.25) is 0 Å². The first kappa shape index (κ1) is 22.8. The van der Waals surface area contributed by atoms with Crippen LogP contribution in [0.3, 0.4) is 0 Å². The zero-order valence-corrected chi connectivity index (χ0v) is 19.3. The van der Waals surface area contributed by atoms with Crippen LogP contribution in [0.2, 0.25) is 0 Å². The number of nitrogens with one attached hydrogen (secondary N) is 2. The van der Waals surface area contributed by atoms with E-state index in [1.54, 1.807) is 29.2 Å². The third-order valence-corrected chi connectivity index (χ3v) is 6.87. The van der Waals surface area contributed by atoms with Crippen molar-refractivity contribution >= 4 is 50.4 Å². The van der Waals surface area contributed by atoms with E-state index in [0.717, 1.165) is 26.7 Å². The van der Waals surface area contributed by atoms with Crippen molar-refractivity contribution < 1.29 is 13.2 Å². The number of allylic oxidation sites excluding steroid dienone is 1. The van der Waals surface area contributed by atoms with E-state index >= 15 is 0 Å². The van der Waals surface area contributed by atoms with Crippen LogP contribution in [-0.4, -0.2) is 40.1 Å². The Morgan fingerprint density at radius 2 is 1.86 bits per heavy atom. The third-order valence-electron chi connectivity index (χ3n) is 5.73. The smallest absolute Gasteiger partial charge is 0.282 e. The van der Waals surface area contributed by atoms with Gasteiger partial charge < -0.3 is 15.6 Å². The maximum Gasteiger partial charge on any atom is 0.282 e. The molecule has 0 atom stereocenters. The SMILES string of the molecule is C=C(C=N)c1ccc(Nc2nc(-c3ccc4cc(C(=C)N5CC(F)(F)C5)sc4c3)ncc2F)cc1. The highest BCUT2D eigenvalue weighted by molar-refractivity contribution is 7.20. The van der Waals surface area contributed by atoms with Crippen LogP contribution < -0.4 is 5.32 Å². The second kappa shape index (κ2) is 8.66. The molecule has 0 radical (unpaired) electrons. The lowest BCUT2D eigenvalue weighted by atomic mass is 10.1. The van der Waals surface area contributed by atoms with Gasteiger partial charge in [0.1, 0.15) is 0 Å². The molecule has 0 amide bonds.